The molecule has 0 amide bonds. The second kappa shape index (κ2) is 6.45. The van der Waals surface area contributed by atoms with E-state index in [9.17, 15) is 9.90 Å². The molecule has 0 radical (unpaired) electrons. The zero-order valence-corrected chi connectivity index (χ0v) is 13.2. The van der Waals surface area contributed by atoms with Crippen LogP contribution in [-0.2, 0) is 0 Å². The number of nitrogens with zero attached hydrogens (tertiary/aromatic N) is 1. The molecule has 2 N–H and O–H groups in total. The Bertz CT molecular complexity index is 962. The molecular formula is C18H16N2O4. The third-order valence-electron chi connectivity index (χ3n) is 3.57. The summed E-state index contributed by atoms with van der Waals surface area (Å²) in [6.45, 7) is 0. The normalized spacial score (nSPS) is 11.5. The molecule has 0 atom stereocenters. The molecule has 0 fully saturated rings. The highest BCUT2D eigenvalue weighted by atomic mass is 16.5. The van der Waals surface area contributed by atoms with E-state index in [4.69, 9.17) is 9.47 Å². The van der Waals surface area contributed by atoms with Crippen molar-refractivity contribution in [2.75, 3.05) is 14.2 Å². The number of aliphatic hydroxyl groups is 1. The number of H-pyrrole nitrogens is 1. The third-order valence-corrected chi connectivity index (χ3v) is 3.57. The summed E-state index contributed by atoms with van der Waals surface area (Å²) in [5.74, 6) is 0.970. The number of fused-ring (bicyclic) bond motifs is 1. The van der Waals surface area contributed by atoms with E-state index in [1.807, 2.05) is 6.07 Å². The number of rotatable bonds is 4. The van der Waals surface area contributed by atoms with Crippen molar-refractivity contribution in [2.24, 2.45) is 0 Å². The maximum atomic E-state index is 12.2. The highest BCUT2D eigenvalue weighted by molar-refractivity contribution is 5.81. The molecule has 2 aromatic carbocycles. The zero-order chi connectivity index (χ0) is 17.1. The van der Waals surface area contributed by atoms with Gasteiger partial charge in [0.2, 0.25) is 0 Å². The summed E-state index contributed by atoms with van der Waals surface area (Å²) in [4.78, 5) is 19.2. The number of benzene rings is 2. The summed E-state index contributed by atoms with van der Waals surface area (Å²) in [6.07, 6.45) is 1.34. The molecule has 6 nitrogen and oxygen atoms in total. The highest BCUT2D eigenvalue weighted by Crippen LogP contribution is 2.30. The van der Waals surface area contributed by atoms with Crippen molar-refractivity contribution in [3.05, 3.63) is 64.1 Å². The standard InChI is InChI=1S/C18H16N2O4/c1-23-16-9-12-13(10-17(16)24-2)20-18(22)14(19-12)8-15(21)11-6-4-3-5-7-11/h3-10,21H,1-2H3,(H,20,22)/b15-8-. The van der Waals surface area contributed by atoms with Crippen LogP contribution < -0.4 is 15.0 Å². The molecule has 1 heterocycles. The van der Waals surface area contributed by atoms with Gasteiger partial charge in [-0.1, -0.05) is 30.3 Å². The van der Waals surface area contributed by atoms with Crippen molar-refractivity contribution < 1.29 is 14.6 Å². The minimum atomic E-state index is -0.405. The van der Waals surface area contributed by atoms with Crippen molar-refractivity contribution in [2.45, 2.75) is 0 Å². The lowest BCUT2D eigenvalue weighted by Gasteiger charge is -2.09. The van der Waals surface area contributed by atoms with E-state index < -0.39 is 5.56 Å². The highest BCUT2D eigenvalue weighted by Gasteiger charge is 2.10. The number of aromatic nitrogens is 2. The van der Waals surface area contributed by atoms with Gasteiger partial charge in [0.05, 0.1) is 25.3 Å². The van der Waals surface area contributed by atoms with Crippen LogP contribution in [0.2, 0.25) is 0 Å². The molecule has 0 spiro atoms. The van der Waals surface area contributed by atoms with Crippen LogP contribution in [0.25, 0.3) is 22.9 Å². The number of aliphatic hydroxyl groups excluding tert-OH is 1. The van der Waals surface area contributed by atoms with Gasteiger partial charge in [0.25, 0.3) is 5.56 Å². The van der Waals surface area contributed by atoms with Crippen molar-refractivity contribution in [3.63, 3.8) is 0 Å². The first-order valence-corrected chi connectivity index (χ1v) is 7.24. The molecule has 0 saturated heterocycles. The summed E-state index contributed by atoms with van der Waals surface area (Å²) in [5, 5.41) is 10.2. The number of nitrogens with one attached hydrogen (secondary N) is 1. The van der Waals surface area contributed by atoms with E-state index in [0.717, 1.165) is 0 Å². The van der Waals surface area contributed by atoms with Crippen LogP contribution in [0.5, 0.6) is 11.5 Å². The van der Waals surface area contributed by atoms with Crippen LogP contribution in [0.1, 0.15) is 11.3 Å². The Labute approximate surface area is 138 Å². The van der Waals surface area contributed by atoms with Crippen LogP contribution in [0.4, 0.5) is 0 Å². The Morgan fingerprint density at radius 1 is 1.12 bits per heavy atom. The molecule has 24 heavy (non-hydrogen) atoms. The maximum absolute atomic E-state index is 12.2. The van der Waals surface area contributed by atoms with Gasteiger partial charge in [0, 0.05) is 23.8 Å². The van der Waals surface area contributed by atoms with E-state index in [0.29, 0.717) is 28.1 Å². The molecule has 6 heteroatoms. The van der Waals surface area contributed by atoms with E-state index in [1.54, 1.807) is 36.4 Å². The minimum absolute atomic E-state index is 0.0339. The topological polar surface area (TPSA) is 84.4 Å². The molecule has 0 unspecified atom stereocenters. The molecular weight excluding hydrogens is 308 g/mol. The second-order valence-electron chi connectivity index (χ2n) is 5.07. The van der Waals surface area contributed by atoms with Crippen LogP contribution >= 0.6 is 0 Å². The number of aromatic amines is 1. The fourth-order valence-corrected chi connectivity index (χ4v) is 2.35. The molecule has 0 bridgehead atoms. The van der Waals surface area contributed by atoms with Crippen molar-refractivity contribution >= 4 is 22.9 Å². The van der Waals surface area contributed by atoms with Gasteiger partial charge in [0.1, 0.15) is 11.5 Å². The van der Waals surface area contributed by atoms with Crippen LogP contribution in [-0.4, -0.2) is 29.3 Å². The Hall–Kier alpha value is -3.28. The lowest BCUT2D eigenvalue weighted by Crippen LogP contribution is -2.12. The largest absolute Gasteiger partial charge is 0.507 e. The van der Waals surface area contributed by atoms with Crippen LogP contribution in [0.3, 0.4) is 0 Å². The summed E-state index contributed by atoms with van der Waals surface area (Å²) in [5.41, 5.74) is 1.35. The summed E-state index contributed by atoms with van der Waals surface area (Å²) >= 11 is 0. The average Bonchev–Trinajstić information content (AvgIpc) is 2.62. The van der Waals surface area contributed by atoms with Crippen LogP contribution in [0.15, 0.2) is 47.3 Å². The smallest absolute Gasteiger partial charge is 0.274 e. The van der Waals surface area contributed by atoms with Crippen molar-refractivity contribution in [1.82, 2.24) is 9.97 Å². The minimum Gasteiger partial charge on any atom is -0.507 e. The molecule has 0 aliphatic rings. The van der Waals surface area contributed by atoms with Gasteiger partial charge in [-0.05, 0) is 0 Å². The average molecular weight is 324 g/mol. The fraction of sp³-hybridized carbons (Fsp3) is 0.111. The monoisotopic (exact) mass is 324 g/mol. The van der Waals surface area contributed by atoms with Gasteiger partial charge >= 0.3 is 0 Å². The molecule has 0 saturated carbocycles. The van der Waals surface area contributed by atoms with Crippen molar-refractivity contribution in [1.29, 1.82) is 0 Å². The summed E-state index contributed by atoms with van der Waals surface area (Å²) < 4.78 is 10.5. The molecule has 122 valence electrons. The molecule has 0 aliphatic heterocycles. The predicted molar refractivity (Wildman–Crippen MR) is 92.4 cm³/mol. The van der Waals surface area contributed by atoms with Gasteiger partial charge in [-0.2, -0.15) is 0 Å². The van der Waals surface area contributed by atoms with E-state index in [-0.39, 0.29) is 11.5 Å². The van der Waals surface area contributed by atoms with Crippen LogP contribution in [0, 0.1) is 0 Å². The number of ether oxygens (including phenoxy) is 2. The summed E-state index contributed by atoms with van der Waals surface area (Å²) in [6, 6.07) is 12.2. The zero-order valence-electron chi connectivity index (χ0n) is 13.2. The quantitative estimate of drug-likeness (QED) is 0.721. The van der Waals surface area contributed by atoms with Gasteiger partial charge < -0.3 is 19.6 Å². The first-order valence-electron chi connectivity index (χ1n) is 7.24. The van der Waals surface area contributed by atoms with Crippen molar-refractivity contribution in [3.8, 4) is 11.5 Å². The second-order valence-corrected chi connectivity index (χ2v) is 5.07. The Balaban J connectivity index is 2.12. The number of hydrogen-bond acceptors (Lipinski definition) is 5. The number of methoxy groups -OCH3 is 2. The fourth-order valence-electron chi connectivity index (χ4n) is 2.35. The van der Waals surface area contributed by atoms with Gasteiger partial charge in [-0.15, -0.1) is 0 Å². The molecule has 3 rings (SSSR count). The van der Waals surface area contributed by atoms with E-state index in [2.05, 4.69) is 9.97 Å². The molecule has 0 aliphatic carbocycles. The Morgan fingerprint density at radius 3 is 2.46 bits per heavy atom. The lowest BCUT2D eigenvalue weighted by molar-refractivity contribution is 0.355. The maximum Gasteiger partial charge on any atom is 0.274 e. The first kappa shape index (κ1) is 15.6. The van der Waals surface area contributed by atoms with Gasteiger partial charge in [0.15, 0.2) is 11.5 Å². The third kappa shape index (κ3) is 2.94. The molecule has 3 aromatic rings. The lowest BCUT2D eigenvalue weighted by atomic mass is 10.1. The molecule has 1 aromatic heterocycles. The van der Waals surface area contributed by atoms with Gasteiger partial charge in [-0.25, -0.2) is 4.98 Å². The summed E-state index contributed by atoms with van der Waals surface area (Å²) in [7, 11) is 3.04. The Morgan fingerprint density at radius 2 is 1.79 bits per heavy atom. The van der Waals surface area contributed by atoms with Gasteiger partial charge in [-0.3, -0.25) is 4.79 Å². The van der Waals surface area contributed by atoms with E-state index in [1.165, 1.54) is 20.3 Å². The first-order chi connectivity index (χ1) is 11.6. The SMILES string of the molecule is COc1cc2nc(/C=C(\O)c3ccccc3)c(=O)[nH]c2cc1OC. The Kier molecular flexibility index (Phi) is 4.20. The predicted octanol–water partition coefficient (Wildman–Crippen LogP) is 3.00. The van der Waals surface area contributed by atoms with E-state index >= 15 is 0 Å². The number of hydrogen-bond donors (Lipinski definition) is 2.